The molecule has 0 aliphatic heterocycles. The summed E-state index contributed by atoms with van der Waals surface area (Å²) in [5.74, 6) is 0.328. The van der Waals surface area contributed by atoms with E-state index in [1.165, 1.54) is 11.3 Å². The zero-order chi connectivity index (χ0) is 12.4. The van der Waals surface area contributed by atoms with E-state index in [4.69, 9.17) is 11.6 Å². The molecule has 0 saturated carbocycles. The van der Waals surface area contributed by atoms with Gasteiger partial charge in [0.15, 0.2) is 4.47 Å². The summed E-state index contributed by atoms with van der Waals surface area (Å²) in [6.45, 7) is 4.58. The minimum atomic E-state index is 0.328. The van der Waals surface area contributed by atoms with E-state index in [1.807, 2.05) is 19.9 Å². The van der Waals surface area contributed by atoms with Crippen molar-refractivity contribution in [2.45, 2.75) is 20.4 Å². The number of rotatable bonds is 3. The zero-order valence-corrected chi connectivity index (χ0v) is 11.2. The van der Waals surface area contributed by atoms with Gasteiger partial charge in [0.2, 0.25) is 0 Å². The van der Waals surface area contributed by atoms with Crippen molar-refractivity contribution in [2.24, 2.45) is 0 Å². The molecule has 90 valence electrons. The molecular formula is C12H13ClN2OS. The molecule has 0 aliphatic carbocycles. The van der Waals surface area contributed by atoms with E-state index >= 15 is 0 Å². The molecule has 2 rings (SSSR count). The van der Waals surface area contributed by atoms with Crippen LogP contribution in [0.5, 0.6) is 5.75 Å². The van der Waals surface area contributed by atoms with E-state index < -0.39 is 0 Å². The average Bonchev–Trinajstić information content (AvgIpc) is 2.71. The molecule has 1 aromatic carbocycles. The van der Waals surface area contributed by atoms with E-state index in [2.05, 4.69) is 10.3 Å². The summed E-state index contributed by atoms with van der Waals surface area (Å²) in [6.07, 6.45) is 1.77. The van der Waals surface area contributed by atoms with Gasteiger partial charge in [-0.2, -0.15) is 0 Å². The van der Waals surface area contributed by atoms with Gasteiger partial charge in [-0.15, -0.1) is 11.3 Å². The van der Waals surface area contributed by atoms with Crippen LogP contribution in [0.15, 0.2) is 18.3 Å². The van der Waals surface area contributed by atoms with Gasteiger partial charge in [0.25, 0.3) is 0 Å². The van der Waals surface area contributed by atoms with Gasteiger partial charge in [0, 0.05) is 16.8 Å². The molecule has 2 N–H and O–H groups in total. The monoisotopic (exact) mass is 268 g/mol. The van der Waals surface area contributed by atoms with E-state index in [1.54, 1.807) is 12.3 Å². The second-order valence-electron chi connectivity index (χ2n) is 3.82. The number of nitrogens with zero attached hydrogens (tertiary/aromatic N) is 1. The first-order valence-corrected chi connectivity index (χ1v) is 6.40. The van der Waals surface area contributed by atoms with Crippen molar-refractivity contribution in [3.8, 4) is 5.75 Å². The lowest BCUT2D eigenvalue weighted by Gasteiger charge is -2.11. The summed E-state index contributed by atoms with van der Waals surface area (Å²) >= 11 is 7.23. The maximum absolute atomic E-state index is 9.56. The van der Waals surface area contributed by atoms with Crippen LogP contribution >= 0.6 is 22.9 Å². The number of phenols is 1. The van der Waals surface area contributed by atoms with Gasteiger partial charge in [0.05, 0.1) is 6.54 Å². The van der Waals surface area contributed by atoms with Crippen LogP contribution in [-0.4, -0.2) is 10.1 Å². The van der Waals surface area contributed by atoms with E-state index in [0.717, 1.165) is 21.7 Å². The standard InChI is InChI=1S/C12H13ClN2OS/c1-7-8(2)11(16)4-3-10(7)14-5-9-6-15-12(13)17-9/h3-4,6,14,16H,5H2,1-2H3. The highest BCUT2D eigenvalue weighted by atomic mass is 35.5. The number of phenolic OH excluding ortho intramolecular Hbond substituents is 1. The smallest absolute Gasteiger partial charge is 0.183 e. The van der Waals surface area contributed by atoms with Crippen LogP contribution in [0, 0.1) is 13.8 Å². The van der Waals surface area contributed by atoms with Gasteiger partial charge in [0.1, 0.15) is 5.75 Å². The van der Waals surface area contributed by atoms with E-state index in [9.17, 15) is 5.11 Å². The van der Waals surface area contributed by atoms with Gasteiger partial charge in [-0.25, -0.2) is 4.98 Å². The lowest BCUT2D eigenvalue weighted by atomic mass is 10.1. The van der Waals surface area contributed by atoms with Crippen molar-refractivity contribution in [1.29, 1.82) is 0 Å². The van der Waals surface area contributed by atoms with E-state index in [0.29, 0.717) is 16.8 Å². The third kappa shape index (κ3) is 2.70. The molecule has 0 fully saturated rings. The van der Waals surface area contributed by atoms with Crippen LogP contribution in [-0.2, 0) is 6.54 Å². The molecule has 0 radical (unpaired) electrons. The first-order chi connectivity index (χ1) is 8.08. The Bertz CT molecular complexity index is 539. The Morgan fingerprint density at radius 3 is 2.76 bits per heavy atom. The third-order valence-electron chi connectivity index (χ3n) is 2.74. The predicted molar refractivity (Wildman–Crippen MR) is 72.0 cm³/mol. The summed E-state index contributed by atoms with van der Waals surface area (Å²) < 4.78 is 0.556. The lowest BCUT2D eigenvalue weighted by molar-refractivity contribution is 0.470. The van der Waals surface area contributed by atoms with Crippen LogP contribution in [0.2, 0.25) is 4.47 Å². The molecule has 0 atom stereocenters. The molecule has 1 heterocycles. The van der Waals surface area contributed by atoms with Crippen LogP contribution in [0.4, 0.5) is 5.69 Å². The first-order valence-electron chi connectivity index (χ1n) is 5.21. The molecule has 0 unspecified atom stereocenters. The Morgan fingerprint density at radius 2 is 2.12 bits per heavy atom. The minimum Gasteiger partial charge on any atom is -0.508 e. The lowest BCUT2D eigenvalue weighted by Crippen LogP contribution is -2.00. The molecule has 0 spiro atoms. The summed E-state index contributed by atoms with van der Waals surface area (Å²) in [5, 5.41) is 12.9. The minimum absolute atomic E-state index is 0.328. The summed E-state index contributed by atoms with van der Waals surface area (Å²) in [6, 6.07) is 3.57. The van der Waals surface area contributed by atoms with Gasteiger partial charge in [-0.3, -0.25) is 0 Å². The van der Waals surface area contributed by atoms with Crippen molar-refractivity contribution in [2.75, 3.05) is 5.32 Å². The summed E-state index contributed by atoms with van der Waals surface area (Å²) in [5.41, 5.74) is 2.97. The highest BCUT2D eigenvalue weighted by Gasteiger charge is 2.06. The largest absolute Gasteiger partial charge is 0.508 e. The number of hydrogen-bond donors (Lipinski definition) is 2. The van der Waals surface area contributed by atoms with Crippen molar-refractivity contribution < 1.29 is 5.11 Å². The fourth-order valence-electron chi connectivity index (χ4n) is 1.55. The van der Waals surface area contributed by atoms with Crippen molar-refractivity contribution in [3.05, 3.63) is 38.8 Å². The van der Waals surface area contributed by atoms with Crippen molar-refractivity contribution in [3.63, 3.8) is 0 Å². The first kappa shape index (κ1) is 12.2. The average molecular weight is 269 g/mol. The number of nitrogens with one attached hydrogen (secondary N) is 1. The summed E-state index contributed by atoms with van der Waals surface area (Å²) in [7, 11) is 0. The van der Waals surface area contributed by atoms with Crippen molar-refractivity contribution >= 4 is 28.6 Å². The highest BCUT2D eigenvalue weighted by molar-refractivity contribution is 7.15. The molecule has 0 amide bonds. The Labute approximate surface area is 109 Å². The number of halogens is 1. The fourth-order valence-corrected chi connectivity index (χ4v) is 2.46. The normalized spacial score (nSPS) is 10.5. The number of hydrogen-bond acceptors (Lipinski definition) is 4. The number of thiazole rings is 1. The molecule has 2 aromatic rings. The number of aromatic hydroxyl groups is 1. The van der Waals surface area contributed by atoms with Gasteiger partial charge < -0.3 is 10.4 Å². The molecular weight excluding hydrogens is 256 g/mol. The molecule has 17 heavy (non-hydrogen) atoms. The van der Waals surface area contributed by atoms with Gasteiger partial charge >= 0.3 is 0 Å². The molecule has 0 bridgehead atoms. The van der Waals surface area contributed by atoms with E-state index in [-0.39, 0.29) is 0 Å². The van der Waals surface area contributed by atoms with Crippen LogP contribution in [0.3, 0.4) is 0 Å². The van der Waals surface area contributed by atoms with Gasteiger partial charge in [-0.1, -0.05) is 11.6 Å². The molecule has 0 saturated heterocycles. The number of benzene rings is 1. The molecule has 3 nitrogen and oxygen atoms in total. The Kier molecular flexibility index (Phi) is 3.54. The Morgan fingerprint density at radius 1 is 1.35 bits per heavy atom. The van der Waals surface area contributed by atoms with Crippen LogP contribution in [0.1, 0.15) is 16.0 Å². The zero-order valence-electron chi connectivity index (χ0n) is 9.62. The highest BCUT2D eigenvalue weighted by Crippen LogP contribution is 2.27. The third-order valence-corrected chi connectivity index (χ3v) is 3.85. The maximum Gasteiger partial charge on any atom is 0.183 e. The second kappa shape index (κ2) is 4.94. The van der Waals surface area contributed by atoms with Gasteiger partial charge in [-0.05, 0) is 37.1 Å². The Hall–Kier alpha value is -1.26. The maximum atomic E-state index is 9.56. The van der Waals surface area contributed by atoms with Crippen LogP contribution < -0.4 is 5.32 Å². The second-order valence-corrected chi connectivity index (χ2v) is 5.51. The SMILES string of the molecule is Cc1c(O)ccc(NCc2cnc(Cl)s2)c1C. The van der Waals surface area contributed by atoms with Crippen molar-refractivity contribution in [1.82, 2.24) is 4.98 Å². The molecule has 0 aliphatic rings. The Balaban J connectivity index is 2.12. The number of anilines is 1. The fraction of sp³-hybridized carbons (Fsp3) is 0.250. The summed E-state index contributed by atoms with van der Waals surface area (Å²) in [4.78, 5) is 5.07. The van der Waals surface area contributed by atoms with Crippen LogP contribution in [0.25, 0.3) is 0 Å². The predicted octanol–water partition coefficient (Wildman–Crippen LogP) is 3.73. The number of aromatic nitrogens is 1. The molecule has 1 aromatic heterocycles. The topological polar surface area (TPSA) is 45.1 Å². The quantitative estimate of drug-likeness (QED) is 0.834. The molecule has 5 heteroatoms.